The maximum Gasteiger partial charge on any atom is 0.490 e. The number of nitrogens with one attached hydrogen (secondary N) is 1. The Morgan fingerprint density at radius 1 is 1.31 bits per heavy atom. The molecule has 1 aromatic rings. The summed E-state index contributed by atoms with van der Waals surface area (Å²) < 4.78 is 64.6. The minimum atomic E-state index is -5.08. The van der Waals surface area contributed by atoms with Gasteiger partial charge in [0.25, 0.3) is 0 Å². The lowest BCUT2D eigenvalue weighted by molar-refractivity contribution is -0.192. The van der Waals surface area contributed by atoms with Crippen LogP contribution in [0.2, 0.25) is 0 Å². The number of nitrogens with zero attached hydrogens (tertiary/aromatic N) is 4. The van der Waals surface area contributed by atoms with Gasteiger partial charge in [-0.1, -0.05) is 0 Å². The number of sulfonamides is 1. The predicted octanol–water partition coefficient (Wildman–Crippen LogP) is 0.709. The van der Waals surface area contributed by atoms with Gasteiger partial charge in [0, 0.05) is 51.6 Å². The molecule has 3 heterocycles. The van der Waals surface area contributed by atoms with Crippen LogP contribution < -0.4 is 14.5 Å². The lowest BCUT2D eigenvalue weighted by atomic mass is 9.93. The number of carbonyl (C=O) groups is 1. The van der Waals surface area contributed by atoms with Crippen molar-refractivity contribution in [2.24, 2.45) is 11.8 Å². The average molecular weight is 481 g/mol. The van der Waals surface area contributed by atoms with E-state index in [4.69, 9.17) is 14.6 Å². The van der Waals surface area contributed by atoms with Crippen molar-refractivity contribution in [1.29, 1.82) is 0 Å². The summed E-state index contributed by atoms with van der Waals surface area (Å²) in [6.07, 6.45) is -1.77. The van der Waals surface area contributed by atoms with Crippen molar-refractivity contribution in [2.75, 3.05) is 50.1 Å². The molecular formula is C18H26F3N5O5S. The zero-order valence-electron chi connectivity index (χ0n) is 17.6. The molecule has 1 aromatic heterocycles. The molecule has 3 atom stereocenters. The van der Waals surface area contributed by atoms with Gasteiger partial charge in [-0.05, 0) is 12.8 Å². The number of anilines is 2. The SMILES string of the molecule is CN(C)c1cc(N2C[C@@H]3[C@@H](CNS(=O)(=O)C4CC4)CO[C@@H]3C2)ncn1.O=C(O)C(F)(F)F. The second-order valence-electron chi connectivity index (χ2n) is 8.23. The fourth-order valence-corrected chi connectivity index (χ4v) is 5.11. The third kappa shape index (κ3) is 5.98. The highest BCUT2D eigenvalue weighted by molar-refractivity contribution is 7.90. The van der Waals surface area contributed by atoms with Crippen LogP contribution in [0.5, 0.6) is 0 Å². The predicted molar refractivity (Wildman–Crippen MR) is 109 cm³/mol. The van der Waals surface area contributed by atoms with Gasteiger partial charge in [0.2, 0.25) is 10.0 Å². The Kier molecular flexibility index (Phi) is 7.15. The van der Waals surface area contributed by atoms with Crippen molar-refractivity contribution in [1.82, 2.24) is 14.7 Å². The molecule has 1 aliphatic carbocycles. The minimum Gasteiger partial charge on any atom is -0.475 e. The van der Waals surface area contributed by atoms with Crippen molar-refractivity contribution in [3.05, 3.63) is 12.4 Å². The molecule has 0 bridgehead atoms. The average Bonchev–Trinajstić information content (AvgIpc) is 3.39. The molecule has 0 spiro atoms. The lowest BCUT2D eigenvalue weighted by Gasteiger charge is -2.22. The maximum atomic E-state index is 12.0. The van der Waals surface area contributed by atoms with Crippen molar-refractivity contribution in [3.63, 3.8) is 0 Å². The third-order valence-electron chi connectivity index (χ3n) is 5.61. The van der Waals surface area contributed by atoms with Crippen molar-refractivity contribution in [2.45, 2.75) is 30.4 Å². The molecule has 3 fully saturated rings. The topological polar surface area (TPSA) is 125 Å². The highest BCUT2D eigenvalue weighted by atomic mass is 32.2. The van der Waals surface area contributed by atoms with Crippen molar-refractivity contribution < 1.29 is 36.2 Å². The molecule has 10 nitrogen and oxygen atoms in total. The highest BCUT2D eigenvalue weighted by Gasteiger charge is 2.45. The molecule has 2 N–H and O–H groups in total. The molecule has 3 aliphatic rings. The Bertz CT molecular complexity index is 926. The minimum absolute atomic E-state index is 0.146. The van der Waals surface area contributed by atoms with Gasteiger partial charge in [0.05, 0.1) is 18.0 Å². The van der Waals surface area contributed by atoms with E-state index in [1.807, 2.05) is 25.1 Å². The van der Waals surface area contributed by atoms with Crippen LogP contribution in [0.1, 0.15) is 12.8 Å². The van der Waals surface area contributed by atoms with E-state index in [1.54, 1.807) is 6.33 Å². The van der Waals surface area contributed by atoms with Crippen molar-refractivity contribution >= 4 is 27.6 Å². The van der Waals surface area contributed by atoms with Gasteiger partial charge in [-0.25, -0.2) is 27.9 Å². The number of hydrogen-bond donors (Lipinski definition) is 2. The van der Waals surface area contributed by atoms with Gasteiger partial charge in [-0.2, -0.15) is 13.2 Å². The van der Waals surface area contributed by atoms with Crippen LogP contribution in [0.25, 0.3) is 0 Å². The van der Waals surface area contributed by atoms with Gasteiger partial charge in [0.1, 0.15) is 18.0 Å². The monoisotopic (exact) mass is 481 g/mol. The van der Waals surface area contributed by atoms with Crippen LogP contribution in [0.3, 0.4) is 0 Å². The highest BCUT2D eigenvalue weighted by Crippen LogP contribution is 2.36. The quantitative estimate of drug-likeness (QED) is 0.604. The molecule has 32 heavy (non-hydrogen) atoms. The molecular weight excluding hydrogens is 455 g/mol. The fourth-order valence-electron chi connectivity index (χ4n) is 3.67. The number of halogens is 3. The zero-order chi connectivity index (χ0) is 23.7. The summed E-state index contributed by atoms with van der Waals surface area (Å²) in [5.41, 5.74) is 0. The molecule has 2 aliphatic heterocycles. The summed E-state index contributed by atoms with van der Waals surface area (Å²) in [6.45, 7) is 2.73. The Morgan fingerprint density at radius 2 is 1.97 bits per heavy atom. The van der Waals surface area contributed by atoms with Crippen LogP contribution >= 0.6 is 0 Å². The molecule has 0 radical (unpaired) electrons. The number of rotatable bonds is 6. The Morgan fingerprint density at radius 3 is 2.53 bits per heavy atom. The van der Waals surface area contributed by atoms with Gasteiger partial charge in [0.15, 0.2) is 0 Å². The first-order chi connectivity index (χ1) is 14.9. The number of alkyl halides is 3. The number of aromatic nitrogens is 2. The van der Waals surface area contributed by atoms with Gasteiger partial charge < -0.3 is 19.6 Å². The number of aliphatic carboxylic acids is 1. The van der Waals surface area contributed by atoms with Gasteiger partial charge in [-0.3, -0.25) is 0 Å². The van der Waals surface area contributed by atoms with E-state index in [2.05, 4.69) is 19.6 Å². The lowest BCUT2D eigenvalue weighted by Crippen LogP contribution is -2.36. The second-order valence-corrected chi connectivity index (χ2v) is 10.3. The van der Waals surface area contributed by atoms with Crippen LogP contribution in [0, 0.1) is 11.8 Å². The number of hydrogen-bond acceptors (Lipinski definition) is 8. The summed E-state index contributed by atoms with van der Waals surface area (Å²) in [6, 6.07) is 1.98. The Balaban J connectivity index is 0.000000360. The number of carboxylic acids is 1. The van der Waals surface area contributed by atoms with Crippen LogP contribution in [-0.2, 0) is 19.6 Å². The second kappa shape index (κ2) is 9.35. The first-order valence-electron chi connectivity index (χ1n) is 10.0. The summed E-state index contributed by atoms with van der Waals surface area (Å²) in [7, 11) is 0.779. The van der Waals surface area contributed by atoms with E-state index >= 15 is 0 Å². The zero-order valence-corrected chi connectivity index (χ0v) is 18.4. The molecule has 2 saturated heterocycles. The summed E-state index contributed by atoms with van der Waals surface area (Å²) in [5, 5.41) is 6.95. The Labute approximate surface area is 183 Å². The van der Waals surface area contributed by atoms with Crippen molar-refractivity contribution in [3.8, 4) is 0 Å². The van der Waals surface area contributed by atoms with E-state index < -0.39 is 22.2 Å². The molecule has 4 rings (SSSR count). The first kappa shape index (κ1) is 24.5. The van der Waals surface area contributed by atoms with Crippen LogP contribution in [0.15, 0.2) is 12.4 Å². The normalized spacial score (nSPS) is 25.2. The molecule has 0 aromatic carbocycles. The smallest absolute Gasteiger partial charge is 0.475 e. The molecule has 0 unspecified atom stereocenters. The van der Waals surface area contributed by atoms with Gasteiger partial charge in [-0.15, -0.1) is 0 Å². The first-order valence-corrected chi connectivity index (χ1v) is 11.6. The largest absolute Gasteiger partial charge is 0.490 e. The van der Waals surface area contributed by atoms with Crippen LogP contribution in [0.4, 0.5) is 24.8 Å². The van der Waals surface area contributed by atoms with Crippen LogP contribution in [-0.4, -0.2) is 87.3 Å². The third-order valence-corrected chi connectivity index (χ3v) is 7.53. The Hall–Kier alpha value is -2.19. The molecule has 180 valence electrons. The summed E-state index contributed by atoms with van der Waals surface area (Å²) in [4.78, 5) is 21.7. The number of carboxylic acid groups (broad SMARTS) is 1. The van der Waals surface area contributed by atoms with E-state index in [9.17, 15) is 21.6 Å². The standard InChI is InChI=1S/C16H25N5O3S.C2HF3O2/c1-20(2)15-5-16(18-10-17-15)21-7-13-11(9-24-14(13)8-21)6-19-25(22,23)12-3-4-12;3-2(4,5)1(6)7/h5,10-14,19H,3-4,6-9H2,1-2H3;(H,6,7)/t11-,13+,14+;/m0./s1. The summed E-state index contributed by atoms with van der Waals surface area (Å²) in [5.74, 6) is -0.434. The van der Waals surface area contributed by atoms with E-state index in [0.29, 0.717) is 19.1 Å². The maximum absolute atomic E-state index is 12.0. The molecule has 0 amide bonds. The summed E-state index contributed by atoms with van der Waals surface area (Å²) >= 11 is 0. The number of ether oxygens (including phenoxy) is 1. The van der Waals surface area contributed by atoms with E-state index in [1.165, 1.54) is 0 Å². The van der Waals surface area contributed by atoms with Gasteiger partial charge >= 0.3 is 12.1 Å². The fraction of sp³-hybridized carbons (Fsp3) is 0.722. The number of fused-ring (bicyclic) bond motifs is 1. The van der Waals surface area contributed by atoms with E-state index in [0.717, 1.165) is 37.6 Å². The molecule has 1 saturated carbocycles. The molecule has 14 heteroatoms. The van der Waals surface area contributed by atoms with E-state index in [-0.39, 0.29) is 17.3 Å².